The quantitative estimate of drug-likeness (QED) is 0.737. The summed E-state index contributed by atoms with van der Waals surface area (Å²) in [5, 5.41) is -0.562. The highest BCUT2D eigenvalue weighted by atomic mass is 79.9. The summed E-state index contributed by atoms with van der Waals surface area (Å²) in [4.78, 5) is 0. The lowest BCUT2D eigenvalue weighted by Gasteiger charge is -2.37. The molecule has 0 bridgehead atoms. The van der Waals surface area contributed by atoms with Gasteiger partial charge in [0.05, 0.1) is 0 Å². The zero-order valence-electron chi connectivity index (χ0n) is 13.3. The third-order valence-electron chi connectivity index (χ3n) is 4.54. The van der Waals surface area contributed by atoms with Gasteiger partial charge in [-0.1, -0.05) is 52.3 Å². The van der Waals surface area contributed by atoms with Gasteiger partial charge in [-0.3, -0.25) is 0 Å². The maximum absolute atomic E-state index is 14.2. The first-order valence-corrected chi connectivity index (χ1v) is 10.2. The van der Waals surface area contributed by atoms with E-state index in [4.69, 9.17) is 0 Å². The van der Waals surface area contributed by atoms with Crippen LogP contribution in [0.5, 0.6) is 0 Å². The summed E-state index contributed by atoms with van der Waals surface area (Å²) in [6.07, 6.45) is 1.35. The van der Waals surface area contributed by atoms with Gasteiger partial charge in [0, 0.05) is 22.6 Å². The van der Waals surface area contributed by atoms with Gasteiger partial charge in [-0.05, 0) is 37.5 Å². The Morgan fingerprint density at radius 1 is 1.17 bits per heavy atom. The lowest BCUT2D eigenvalue weighted by molar-refractivity contribution is 0.279. The third kappa shape index (κ3) is 3.41. The Bertz CT molecular complexity index is 826. The maximum Gasteiger partial charge on any atom is 0.221 e. The van der Waals surface area contributed by atoms with Crippen molar-refractivity contribution in [2.45, 2.75) is 37.6 Å². The molecule has 2 aromatic rings. The zero-order chi connectivity index (χ0) is 17.3. The molecule has 128 valence electrons. The van der Waals surface area contributed by atoms with Crippen molar-refractivity contribution >= 4 is 26.0 Å². The summed E-state index contributed by atoms with van der Waals surface area (Å²) in [5.41, 5.74) is 1.19. The van der Waals surface area contributed by atoms with Crippen LogP contribution in [0.3, 0.4) is 0 Å². The highest BCUT2D eigenvalue weighted by Gasteiger charge is 2.40. The monoisotopic (exact) mass is 411 g/mol. The van der Waals surface area contributed by atoms with Gasteiger partial charge < -0.3 is 0 Å². The molecule has 0 aromatic heterocycles. The van der Waals surface area contributed by atoms with E-state index in [1.54, 1.807) is 12.1 Å². The molecule has 0 aliphatic carbocycles. The first-order chi connectivity index (χ1) is 11.4. The van der Waals surface area contributed by atoms with E-state index in [-0.39, 0.29) is 12.6 Å². The van der Waals surface area contributed by atoms with Crippen LogP contribution in [0.1, 0.15) is 36.1 Å². The third-order valence-corrected chi connectivity index (χ3v) is 7.40. The van der Waals surface area contributed by atoms with Crippen LogP contribution in [0.2, 0.25) is 0 Å². The maximum atomic E-state index is 14.2. The van der Waals surface area contributed by atoms with Gasteiger partial charge in [-0.2, -0.15) is 4.31 Å². The van der Waals surface area contributed by atoms with Gasteiger partial charge >= 0.3 is 0 Å². The van der Waals surface area contributed by atoms with Crippen LogP contribution in [0.25, 0.3) is 0 Å². The molecule has 6 heteroatoms. The van der Waals surface area contributed by atoms with E-state index in [0.717, 1.165) is 12.0 Å². The van der Waals surface area contributed by atoms with Crippen molar-refractivity contribution in [2.24, 2.45) is 0 Å². The Morgan fingerprint density at radius 2 is 1.88 bits per heavy atom. The molecule has 0 saturated carbocycles. The molecular formula is C18H19BrFNO2S. The highest BCUT2D eigenvalue weighted by Crippen LogP contribution is 2.38. The molecule has 1 heterocycles. The van der Waals surface area contributed by atoms with Crippen molar-refractivity contribution in [2.75, 3.05) is 0 Å². The van der Waals surface area contributed by atoms with Gasteiger partial charge in [-0.25, -0.2) is 12.8 Å². The second-order valence-corrected chi connectivity index (χ2v) is 9.14. The molecule has 1 aliphatic heterocycles. The average Bonchev–Trinajstić information content (AvgIpc) is 2.53. The minimum Gasteiger partial charge on any atom is -0.212 e. The molecule has 0 amide bonds. The number of nitrogens with zero attached hydrogens (tertiary/aromatic N) is 1. The van der Waals surface area contributed by atoms with Crippen molar-refractivity contribution < 1.29 is 12.8 Å². The minimum absolute atomic E-state index is 0.0615. The van der Waals surface area contributed by atoms with E-state index in [9.17, 15) is 12.8 Å². The Hall–Kier alpha value is -1.24. The fourth-order valence-corrected chi connectivity index (χ4v) is 5.69. The standard InChI is InChI=1S/C18H19BrFNO2S/c1-13-7-10-18(14-5-3-2-4-6-14)24(22,23)21(13)12-15-8-9-16(19)11-17(15)20/h2-6,8-9,11,13,18H,7,10,12H2,1H3. The van der Waals surface area contributed by atoms with Crippen LogP contribution in [0.15, 0.2) is 53.0 Å². The highest BCUT2D eigenvalue weighted by molar-refractivity contribution is 9.10. The summed E-state index contributed by atoms with van der Waals surface area (Å²) >= 11 is 3.22. The van der Waals surface area contributed by atoms with Gasteiger partial charge in [0.2, 0.25) is 10.0 Å². The van der Waals surface area contributed by atoms with E-state index in [2.05, 4.69) is 15.9 Å². The molecule has 2 atom stereocenters. The molecule has 2 unspecified atom stereocenters. The molecule has 0 spiro atoms. The summed E-state index contributed by atoms with van der Waals surface area (Å²) in [7, 11) is -3.54. The SMILES string of the molecule is CC1CCC(c2ccccc2)S(=O)(=O)N1Cc1ccc(Br)cc1F. The number of hydrogen-bond acceptors (Lipinski definition) is 2. The largest absolute Gasteiger partial charge is 0.221 e. The Labute approximate surface area is 150 Å². The fraction of sp³-hybridized carbons (Fsp3) is 0.333. The van der Waals surface area contributed by atoms with Crippen molar-refractivity contribution in [3.05, 3.63) is 69.9 Å². The average molecular weight is 412 g/mol. The van der Waals surface area contributed by atoms with Gasteiger partial charge in [0.15, 0.2) is 0 Å². The van der Waals surface area contributed by atoms with Crippen molar-refractivity contribution in [1.29, 1.82) is 0 Å². The van der Waals surface area contributed by atoms with Crippen LogP contribution in [0, 0.1) is 5.82 Å². The number of halogens is 2. The van der Waals surface area contributed by atoms with Crippen molar-refractivity contribution in [3.63, 3.8) is 0 Å². The lowest BCUT2D eigenvalue weighted by atomic mass is 10.0. The van der Waals surface area contributed by atoms with Gasteiger partial charge in [0.1, 0.15) is 11.1 Å². The molecule has 0 N–H and O–H groups in total. The van der Waals surface area contributed by atoms with E-state index < -0.39 is 21.1 Å². The van der Waals surface area contributed by atoms with Crippen molar-refractivity contribution in [1.82, 2.24) is 4.31 Å². The zero-order valence-corrected chi connectivity index (χ0v) is 15.7. The fourth-order valence-electron chi connectivity index (χ4n) is 3.17. The molecule has 2 aromatic carbocycles. The van der Waals surface area contributed by atoms with Crippen LogP contribution in [0.4, 0.5) is 4.39 Å². The number of benzene rings is 2. The van der Waals surface area contributed by atoms with Gasteiger partial charge in [-0.15, -0.1) is 0 Å². The summed E-state index contributed by atoms with van der Waals surface area (Å²) < 4.78 is 42.4. The molecule has 1 fully saturated rings. The predicted molar refractivity (Wildman–Crippen MR) is 96.4 cm³/mol. The Morgan fingerprint density at radius 3 is 2.54 bits per heavy atom. The van der Waals surface area contributed by atoms with Crippen LogP contribution in [-0.4, -0.2) is 18.8 Å². The lowest BCUT2D eigenvalue weighted by Crippen LogP contribution is -2.44. The first kappa shape index (κ1) is 17.6. The molecule has 1 saturated heterocycles. The summed E-state index contributed by atoms with van der Waals surface area (Å²) in [6.45, 7) is 1.95. The van der Waals surface area contributed by atoms with Crippen LogP contribution >= 0.6 is 15.9 Å². The topological polar surface area (TPSA) is 37.4 Å². The van der Waals surface area contributed by atoms with E-state index >= 15 is 0 Å². The number of sulfonamides is 1. The van der Waals surface area contributed by atoms with E-state index in [1.165, 1.54) is 10.4 Å². The first-order valence-electron chi connectivity index (χ1n) is 7.89. The van der Waals surface area contributed by atoms with E-state index in [1.807, 2.05) is 37.3 Å². The van der Waals surface area contributed by atoms with E-state index in [0.29, 0.717) is 16.5 Å². The van der Waals surface area contributed by atoms with Crippen molar-refractivity contribution in [3.8, 4) is 0 Å². The molecule has 0 radical (unpaired) electrons. The smallest absolute Gasteiger partial charge is 0.212 e. The molecule has 3 rings (SSSR count). The Kier molecular flexibility index (Phi) is 5.08. The normalized spacial score (nSPS) is 24.0. The second kappa shape index (κ2) is 6.94. The van der Waals surface area contributed by atoms with Crippen LogP contribution < -0.4 is 0 Å². The summed E-state index contributed by atoms with van der Waals surface area (Å²) in [5.74, 6) is -0.395. The number of rotatable bonds is 3. The Balaban J connectivity index is 1.93. The minimum atomic E-state index is -3.54. The van der Waals surface area contributed by atoms with Crippen LogP contribution in [-0.2, 0) is 16.6 Å². The predicted octanol–water partition coefficient (Wildman–Crippen LogP) is 4.64. The summed E-state index contributed by atoms with van der Waals surface area (Å²) in [6, 6.07) is 13.8. The number of hydrogen-bond donors (Lipinski definition) is 0. The van der Waals surface area contributed by atoms with Gasteiger partial charge in [0.25, 0.3) is 0 Å². The molecule has 24 heavy (non-hydrogen) atoms. The molecule has 1 aliphatic rings. The second-order valence-electron chi connectivity index (χ2n) is 6.15. The molecule has 3 nitrogen and oxygen atoms in total. The molecular weight excluding hydrogens is 393 g/mol.